The molecule has 3 heteroatoms. The first-order valence-corrected chi connectivity index (χ1v) is 8.38. The molecule has 0 radical (unpaired) electrons. The SMILES string of the molecule is CC(O)CCCCCCC(=O)c1ccc(-c2cccnc2)cc1. The van der Waals surface area contributed by atoms with Crippen LogP contribution in [0.1, 0.15) is 55.8 Å². The van der Waals surface area contributed by atoms with Gasteiger partial charge in [-0.3, -0.25) is 9.78 Å². The van der Waals surface area contributed by atoms with Crippen molar-refractivity contribution in [3.63, 3.8) is 0 Å². The normalized spacial score (nSPS) is 12.1. The highest BCUT2D eigenvalue weighted by Gasteiger charge is 2.06. The number of pyridine rings is 1. The van der Waals surface area contributed by atoms with E-state index in [1.807, 2.05) is 49.5 Å². The number of aliphatic hydroxyl groups excluding tert-OH is 1. The maximum absolute atomic E-state index is 12.2. The van der Waals surface area contributed by atoms with Crippen molar-refractivity contribution in [2.24, 2.45) is 0 Å². The molecule has 0 aliphatic heterocycles. The molecule has 0 fully saturated rings. The number of benzene rings is 1. The highest BCUT2D eigenvalue weighted by molar-refractivity contribution is 5.96. The average Bonchev–Trinajstić information content (AvgIpc) is 2.58. The summed E-state index contributed by atoms with van der Waals surface area (Å²) in [5.41, 5.74) is 2.92. The Balaban J connectivity index is 1.77. The Morgan fingerprint density at radius 3 is 2.43 bits per heavy atom. The molecule has 1 atom stereocenters. The van der Waals surface area contributed by atoms with Crippen LogP contribution in [0.5, 0.6) is 0 Å². The van der Waals surface area contributed by atoms with Crippen molar-refractivity contribution in [3.05, 3.63) is 54.4 Å². The number of carbonyl (C=O) groups excluding carboxylic acids is 1. The first-order valence-electron chi connectivity index (χ1n) is 8.38. The lowest BCUT2D eigenvalue weighted by atomic mass is 10.0. The molecule has 1 aromatic carbocycles. The van der Waals surface area contributed by atoms with Crippen molar-refractivity contribution in [2.45, 2.75) is 51.6 Å². The summed E-state index contributed by atoms with van der Waals surface area (Å²) in [5.74, 6) is 0.207. The molecule has 23 heavy (non-hydrogen) atoms. The maximum Gasteiger partial charge on any atom is 0.162 e. The third kappa shape index (κ3) is 5.95. The Kier molecular flexibility index (Phi) is 6.95. The molecule has 0 amide bonds. The van der Waals surface area contributed by atoms with Crippen molar-refractivity contribution in [3.8, 4) is 11.1 Å². The molecular weight excluding hydrogens is 286 g/mol. The van der Waals surface area contributed by atoms with Crippen molar-refractivity contribution in [1.82, 2.24) is 4.98 Å². The van der Waals surface area contributed by atoms with Gasteiger partial charge in [-0.05, 0) is 37.0 Å². The van der Waals surface area contributed by atoms with Crippen LogP contribution in [0.15, 0.2) is 48.8 Å². The first-order chi connectivity index (χ1) is 11.2. The Bertz CT molecular complexity index is 591. The summed E-state index contributed by atoms with van der Waals surface area (Å²) in [6, 6.07) is 11.7. The Morgan fingerprint density at radius 1 is 1.04 bits per heavy atom. The van der Waals surface area contributed by atoms with Crippen LogP contribution in [0.2, 0.25) is 0 Å². The predicted octanol–water partition coefficient (Wildman–Crippen LogP) is 4.65. The fraction of sp³-hybridized carbons (Fsp3) is 0.400. The molecule has 1 aromatic heterocycles. The van der Waals surface area contributed by atoms with Crippen LogP contribution < -0.4 is 0 Å². The summed E-state index contributed by atoms with van der Waals surface area (Å²) in [5, 5.41) is 9.19. The Morgan fingerprint density at radius 2 is 1.78 bits per heavy atom. The van der Waals surface area contributed by atoms with Crippen LogP contribution in [-0.4, -0.2) is 22.0 Å². The van der Waals surface area contributed by atoms with Gasteiger partial charge in [-0.25, -0.2) is 0 Å². The number of hydrogen-bond acceptors (Lipinski definition) is 3. The highest BCUT2D eigenvalue weighted by atomic mass is 16.3. The predicted molar refractivity (Wildman–Crippen MR) is 93.4 cm³/mol. The molecule has 0 saturated carbocycles. The van der Waals surface area contributed by atoms with Gasteiger partial charge < -0.3 is 5.11 Å². The number of hydrogen-bond donors (Lipinski definition) is 1. The Labute approximate surface area is 138 Å². The minimum atomic E-state index is -0.213. The van der Waals surface area contributed by atoms with E-state index in [1.165, 1.54) is 0 Å². The van der Waals surface area contributed by atoms with Gasteiger partial charge >= 0.3 is 0 Å². The summed E-state index contributed by atoms with van der Waals surface area (Å²) in [4.78, 5) is 16.3. The number of aliphatic hydroxyl groups is 1. The van der Waals surface area contributed by atoms with Crippen LogP contribution in [-0.2, 0) is 0 Å². The minimum absolute atomic E-state index is 0.207. The fourth-order valence-electron chi connectivity index (χ4n) is 2.61. The lowest BCUT2D eigenvalue weighted by Crippen LogP contribution is -2.00. The van der Waals surface area contributed by atoms with Gasteiger partial charge in [0.2, 0.25) is 0 Å². The van der Waals surface area contributed by atoms with E-state index in [1.54, 1.807) is 6.20 Å². The number of Topliss-reactive ketones (excluding diaryl/α,β-unsaturated/α-hetero) is 1. The van der Waals surface area contributed by atoms with Gasteiger partial charge in [0.1, 0.15) is 0 Å². The summed E-state index contributed by atoms with van der Waals surface area (Å²) >= 11 is 0. The molecule has 2 aromatic rings. The van der Waals surface area contributed by atoms with E-state index < -0.39 is 0 Å². The van der Waals surface area contributed by atoms with Gasteiger partial charge in [0.25, 0.3) is 0 Å². The summed E-state index contributed by atoms with van der Waals surface area (Å²) < 4.78 is 0. The average molecular weight is 311 g/mol. The topological polar surface area (TPSA) is 50.2 Å². The second-order valence-corrected chi connectivity index (χ2v) is 6.04. The van der Waals surface area contributed by atoms with Crippen molar-refractivity contribution >= 4 is 5.78 Å². The molecule has 1 N–H and O–H groups in total. The third-order valence-corrected chi connectivity index (χ3v) is 3.98. The quantitative estimate of drug-likeness (QED) is 0.541. The zero-order valence-corrected chi connectivity index (χ0v) is 13.7. The van der Waals surface area contributed by atoms with Crippen LogP contribution in [0.4, 0.5) is 0 Å². The van der Waals surface area contributed by atoms with Crippen LogP contribution in [0.3, 0.4) is 0 Å². The Hall–Kier alpha value is -2.00. The number of aromatic nitrogens is 1. The highest BCUT2D eigenvalue weighted by Crippen LogP contribution is 2.19. The molecule has 0 bridgehead atoms. The molecule has 0 aliphatic carbocycles. The second-order valence-electron chi connectivity index (χ2n) is 6.04. The van der Waals surface area contributed by atoms with Gasteiger partial charge in [0, 0.05) is 24.4 Å². The van der Waals surface area contributed by atoms with Crippen LogP contribution in [0.25, 0.3) is 11.1 Å². The van der Waals surface area contributed by atoms with E-state index >= 15 is 0 Å². The molecule has 2 rings (SSSR count). The van der Waals surface area contributed by atoms with Crippen LogP contribution >= 0.6 is 0 Å². The number of ketones is 1. The molecule has 122 valence electrons. The van der Waals surface area contributed by atoms with E-state index in [9.17, 15) is 9.90 Å². The van der Waals surface area contributed by atoms with Gasteiger partial charge in [-0.1, -0.05) is 49.6 Å². The van der Waals surface area contributed by atoms with E-state index in [-0.39, 0.29) is 11.9 Å². The fourth-order valence-corrected chi connectivity index (χ4v) is 2.61. The zero-order valence-electron chi connectivity index (χ0n) is 13.7. The third-order valence-electron chi connectivity index (χ3n) is 3.98. The monoisotopic (exact) mass is 311 g/mol. The molecule has 3 nitrogen and oxygen atoms in total. The van der Waals surface area contributed by atoms with E-state index in [0.29, 0.717) is 6.42 Å². The molecule has 0 spiro atoms. The van der Waals surface area contributed by atoms with Crippen molar-refractivity contribution < 1.29 is 9.90 Å². The molecular formula is C20H25NO2. The van der Waals surface area contributed by atoms with E-state index in [4.69, 9.17) is 0 Å². The summed E-state index contributed by atoms with van der Waals surface area (Å²) in [6.45, 7) is 1.82. The van der Waals surface area contributed by atoms with Crippen molar-refractivity contribution in [2.75, 3.05) is 0 Å². The molecule has 1 unspecified atom stereocenters. The smallest absolute Gasteiger partial charge is 0.162 e. The van der Waals surface area contributed by atoms with Crippen molar-refractivity contribution in [1.29, 1.82) is 0 Å². The number of nitrogens with zero attached hydrogens (tertiary/aromatic N) is 1. The van der Waals surface area contributed by atoms with Gasteiger partial charge in [0.15, 0.2) is 5.78 Å². The van der Waals surface area contributed by atoms with Gasteiger partial charge in [-0.2, -0.15) is 0 Å². The number of rotatable bonds is 9. The second kappa shape index (κ2) is 9.21. The lowest BCUT2D eigenvalue weighted by molar-refractivity contribution is 0.0978. The van der Waals surface area contributed by atoms with Gasteiger partial charge in [-0.15, -0.1) is 0 Å². The molecule has 0 aliphatic rings. The van der Waals surface area contributed by atoms with E-state index in [2.05, 4.69) is 4.98 Å². The zero-order chi connectivity index (χ0) is 16.5. The maximum atomic E-state index is 12.2. The van der Waals surface area contributed by atoms with Crippen LogP contribution in [0, 0.1) is 0 Å². The molecule has 0 saturated heterocycles. The lowest BCUT2D eigenvalue weighted by Gasteiger charge is -2.05. The number of unbranched alkanes of at least 4 members (excludes halogenated alkanes) is 3. The standard InChI is InChI=1S/C20H25NO2/c1-16(22)7-4-2-3-5-9-20(23)18-12-10-17(11-13-18)19-8-6-14-21-15-19/h6,8,10-16,22H,2-5,7,9H2,1H3. The van der Waals surface area contributed by atoms with E-state index in [0.717, 1.165) is 48.8 Å². The van der Waals surface area contributed by atoms with Gasteiger partial charge in [0.05, 0.1) is 6.10 Å². The largest absolute Gasteiger partial charge is 0.393 e. The minimum Gasteiger partial charge on any atom is -0.393 e. The number of carbonyl (C=O) groups is 1. The molecule has 1 heterocycles. The summed E-state index contributed by atoms with van der Waals surface area (Å²) in [7, 11) is 0. The summed E-state index contributed by atoms with van der Waals surface area (Å²) in [6.07, 6.45) is 8.89. The first kappa shape index (κ1) is 17.4.